The molecule has 0 saturated carbocycles. The minimum Gasteiger partial charge on any atom is -0.490 e. The first-order valence-corrected chi connectivity index (χ1v) is 5.49. The fraction of sp³-hybridized carbons (Fsp3) is 0.385. The van der Waals surface area contributed by atoms with E-state index in [0.717, 1.165) is 12.8 Å². The second-order valence-corrected chi connectivity index (χ2v) is 3.43. The number of allylic oxidation sites excluding steroid dienone is 2. The molecule has 0 aliphatic carbocycles. The third-order valence-corrected chi connectivity index (χ3v) is 2.24. The smallest absolute Gasteiger partial charge is 0.188 e. The van der Waals surface area contributed by atoms with Crippen molar-refractivity contribution < 1.29 is 9.13 Å². The van der Waals surface area contributed by atoms with Gasteiger partial charge in [-0.3, -0.25) is 0 Å². The molecule has 0 bridgehead atoms. The zero-order chi connectivity index (χ0) is 11.8. The summed E-state index contributed by atoms with van der Waals surface area (Å²) in [6.07, 6.45) is 5.93. The molecule has 0 atom stereocenters. The van der Waals surface area contributed by atoms with Crippen molar-refractivity contribution in [2.24, 2.45) is 0 Å². The van der Waals surface area contributed by atoms with Crippen LogP contribution in [-0.4, -0.2) is 13.7 Å². The van der Waals surface area contributed by atoms with Gasteiger partial charge in [-0.15, -0.1) is 0 Å². The maximum atomic E-state index is 13.6. The Bertz CT molecular complexity index is 350. The Balaban J connectivity index is 2.47. The molecule has 0 unspecified atom stereocenters. The topological polar surface area (TPSA) is 21.3 Å². The van der Waals surface area contributed by atoms with E-state index in [1.165, 1.54) is 0 Å². The molecule has 0 saturated heterocycles. The van der Waals surface area contributed by atoms with E-state index in [9.17, 15) is 4.39 Å². The average Bonchev–Trinajstić information content (AvgIpc) is 2.31. The highest BCUT2D eigenvalue weighted by atomic mass is 19.1. The average molecular weight is 223 g/mol. The lowest BCUT2D eigenvalue weighted by molar-refractivity contribution is 0.297. The first-order chi connectivity index (χ1) is 7.79. The van der Waals surface area contributed by atoms with Crippen LogP contribution in [0.1, 0.15) is 19.8 Å². The van der Waals surface area contributed by atoms with Crippen LogP contribution in [-0.2, 0) is 0 Å². The van der Waals surface area contributed by atoms with Gasteiger partial charge in [-0.2, -0.15) is 0 Å². The molecule has 1 N–H and O–H groups in total. The molecule has 0 spiro atoms. The number of unbranched alkanes of at least 4 members (excludes halogenated alkanes) is 1. The largest absolute Gasteiger partial charge is 0.490 e. The first-order valence-electron chi connectivity index (χ1n) is 5.49. The number of hydrogen-bond acceptors (Lipinski definition) is 2. The summed E-state index contributed by atoms with van der Waals surface area (Å²) in [5.41, 5.74) is 0.464. The molecule has 1 aromatic rings. The highest BCUT2D eigenvalue weighted by Gasteiger charge is 2.06. The number of rotatable bonds is 6. The molecule has 3 heteroatoms. The maximum absolute atomic E-state index is 13.6. The van der Waals surface area contributed by atoms with Crippen molar-refractivity contribution in [1.82, 2.24) is 0 Å². The molecular formula is C13H18FNO. The van der Waals surface area contributed by atoms with E-state index in [4.69, 9.17) is 4.74 Å². The van der Waals surface area contributed by atoms with Gasteiger partial charge in [-0.1, -0.05) is 18.2 Å². The van der Waals surface area contributed by atoms with Gasteiger partial charge in [0, 0.05) is 7.05 Å². The van der Waals surface area contributed by atoms with Gasteiger partial charge in [0.2, 0.25) is 0 Å². The summed E-state index contributed by atoms with van der Waals surface area (Å²) in [6.45, 7) is 2.52. The Kier molecular flexibility index (Phi) is 5.40. The molecule has 88 valence electrons. The molecule has 0 radical (unpaired) electrons. The Morgan fingerprint density at radius 1 is 1.44 bits per heavy atom. The lowest BCUT2D eigenvalue weighted by Crippen LogP contribution is -2.01. The van der Waals surface area contributed by atoms with Crippen LogP contribution in [0.4, 0.5) is 10.1 Å². The van der Waals surface area contributed by atoms with Crippen molar-refractivity contribution >= 4 is 5.69 Å². The number of benzene rings is 1. The summed E-state index contributed by atoms with van der Waals surface area (Å²) in [5.74, 6) is -0.0108. The summed E-state index contributed by atoms with van der Waals surface area (Å²) in [4.78, 5) is 0. The van der Waals surface area contributed by atoms with E-state index in [0.29, 0.717) is 18.0 Å². The van der Waals surface area contributed by atoms with Crippen LogP contribution in [0.5, 0.6) is 5.75 Å². The first kappa shape index (κ1) is 12.6. The van der Waals surface area contributed by atoms with Crippen molar-refractivity contribution in [3.63, 3.8) is 0 Å². The molecule has 1 rings (SSSR count). The van der Waals surface area contributed by atoms with Crippen molar-refractivity contribution in [3.05, 3.63) is 36.2 Å². The third-order valence-electron chi connectivity index (χ3n) is 2.24. The highest BCUT2D eigenvalue weighted by Crippen LogP contribution is 2.23. The minimum absolute atomic E-state index is 0.312. The van der Waals surface area contributed by atoms with Crippen LogP contribution < -0.4 is 10.1 Å². The number of halogens is 1. The molecule has 0 amide bonds. The van der Waals surface area contributed by atoms with E-state index in [-0.39, 0.29) is 5.82 Å². The van der Waals surface area contributed by atoms with Crippen LogP contribution in [0.3, 0.4) is 0 Å². The van der Waals surface area contributed by atoms with E-state index < -0.39 is 0 Å². The Labute approximate surface area is 96.1 Å². The summed E-state index contributed by atoms with van der Waals surface area (Å²) >= 11 is 0. The summed E-state index contributed by atoms with van der Waals surface area (Å²) in [5, 5.41) is 2.78. The fourth-order valence-corrected chi connectivity index (χ4v) is 1.37. The van der Waals surface area contributed by atoms with Gasteiger partial charge in [0.15, 0.2) is 11.6 Å². The molecule has 0 aliphatic heterocycles. The standard InChI is InChI=1S/C13H18FNO/c1-3-4-5-6-10-16-12-9-7-8-11(15-2)13(12)14/h3-4,7-9,15H,5-6,10H2,1-2H3/b4-3+. The highest BCUT2D eigenvalue weighted by molar-refractivity contribution is 5.49. The van der Waals surface area contributed by atoms with Crippen LogP contribution in [0, 0.1) is 5.82 Å². The minimum atomic E-state index is -0.323. The molecule has 0 heterocycles. The second-order valence-electron chi connectivity index (χ2n) is 3.43. The van der Waals surface area contributed by atoms with Gasteiger partial charge < -0.3 is 10.1 Å². The van der Waals surface area contributed by atoms with Gasteiger partial charge in [0.25, 0.3) is 0 Å². The van der Waals surface area contributed by atoms with E-state index in [1.54, 1.807) is 25.2 Å². The SMILES string of the molecule is C/C=C/CCCOc1cccc(NC)c1F. The number of hydrogen-bond donors (Lipinski definition) is 1. The molecule has 1 aromatic carbocycles. The molecule has 0 fully saturated rings. The predicted molar refractivity (Wildman–Crippen MR) is 65.5 cm³/mol. The van der Waals surface area contributed by atoms with Gasteiger partial charge in [-0.05, 0) is 31.9 Å². The Morgan fingerprint density at radius 3 is 2.94 bits per heavy atom. The molecular weight excluding hydrogens is 205 g/mol. The van der Waals surface area contributed by atoms with E-state index >= 15 is 0 Å². The van der Waals surface area contributed by atoms with Crippen LogP contribution >= 0.6 is 0 Å². The van der Waals surface area contributed by atoms with Crippen molar-refractivity contribution in [2.45, 2.75) is 19.8 Å². The van der Waals surface area contributed by atoms with E-state index in [2.05, 4.69) is 11.4 Å². The fourth-order valence-electron chi connectivity index (χ4n) is 1.37. The van der Waals surface area contributed by atoms with Crippen LogP contribution in [0.2, 0.25) is 0 Å². The second kappa shape index (κ2) is 6.88. The number of nitrogens with one attached hydrogen (secondary N) is 1. The van der Waals surface area contributed by atoms with Gasteiger partial charge in [-0.25, -0.2) is 4.39 Å². The normalized spacial score (nSPS) is 10.7. The van der Waals surface area contributed by atoms with E-state index in [1.807, 2.05) is 13.0 Å². The molecule has 16 heavy (non-hydrogen) atoms. The quantitative estimate of drug-likeness (QED) is 0.587. The predicted octanol–water partition coefficient (Wildman–Crippen LogP) is 3.60. The Hall–Kier alpha value is -1.51. The van der Waals surface area contributed by atoms with Gasteiger partial charge in [0.1, 0.15) is 0 Å². The monoisotopic (exact) mass is 223 g/mol. The zero-order valence-corrected chi connectivity index (χ0v) is 9.79. The van der Waals surface area contributed by atoms with Gasteiger partial charge >= 0.3 is 0 Å². The van der Waals surface area contributed by atoms with Crippen LogP contribution in [0.15, 0.2) is 30.4 Å². The third kappa shape index (κ3) is 3.57. The van der Waals surface area contributed by atoms with Crippen molar-refractivity contribution in [1.29, 1.82) is 0 Å². The van der Waals surface area contributed by atoms with Gasteiger partial charge in [0.05, 0.1) is 12.3 Å². The number of ether oxygens (including phenoxy) is 1. The molecule has 0 aromatic heterocycles. The zero-order valence-electron chi connectivity index (χ0n) is 9.79. The lowest BCUT2D eigenvalue weighted by Gasteiger charge is -2.09. The molecule has 2 nitrogen and oxygen atoms in total. The van der Waals surface area contributed by atoms with Crippen molar-refractivity contribution in [3.8, 4) is 5.75 Å². The lowest BCUT2D eigenvalue weighted by atomic mass is 10.2. The Morgan fingerprint density at radius 2 is 2.25 bits per heavy atom. The molecule has 0 aliphatic rings. The van der Waals surface area contributed by atoms with Crippen LogP contribution in [0.25, 0.3) is 0 Å². The summed E-state index contributed by atoms with van der Waals surface area (Å²) < 4.78 is 19.0. The summed E-state index contributed by atoms with van der Waals surface area (Å²) in [6, 6.07) is 5.10. The summed E-state index contributed by atoms with van der Waals surface area (Å²) in [7, 11) is 1.69. The van der Waals surface area contributed by atoms with Crippen molar-refractivity contribution in [2.75, 3.05) is 19.0 Å². The number of anilines is 1. The maximum Gasteiger partial charge on any atom is 0.188 e.